The molecule has 0 bridgehead atoms. The van der Waals surface area contributed by atoms with Crippen molar-refractivity contribution in [2.45, 2.75) is 33.2 Å². The summed E-state index contributed by atoms with van der Waals surface area (Å²) in [5.74, 6) is 0.489. The molecule has 2 N–H and O–H groups in total. The Balaban J connectivity index is 2.68. The zero-order valence-electron chi connectivity index (χ0n) is 10.9. The Morgan fingerprint density at radius 1 is 1.41 bits per heavy atom. The molecule has 4 heteroatoms. The van der Waals surface area contributed by atoms with Gasteiger partial charge in [0.05, 0.1) is 0 Å². The topological polar surface area (TPSA) is 54.0 Å². The van der Waals surface area contributed by atoms with Crippen molar-refractivity contribution in [2.24, 2.45) is 5.92 Å². The van der Waals surface area contributed by atoms with Crippen LogP contribution in [0.4, 0.5) is 5.69 Å². The number of aromatic nitrogens is 1. The van der Waals surface area contributed by atoms with Gasteiger partial charge >= 0.3 is 0 Å². The van der Waals surface area contributed by atoms with Gasteiger partial charge in [-0.15, -0.1) is 0 Å². The maximum Gasteiger partial charge on any atom is 0.269 e. The molecule has 1 atom stereocenters. The molecule has 0 saturated carbocycles. The van der Waals surface area contributed by atoms with Crippen molar-refractivity contribution in [3.8, 4) is 0 Å². The summed E-state index contributed by atoms with van der Waals surface area (Å²) in [6, 6.07) is 4.04. The van der Waals surface area contributed by atoms with E-state index >= 15 is 0 Å². The summed E-state index contributed by atoms with van der Waals surface area (Å²) in [4.78, 5) is 15.5. The fourth-order valence-corrected chi connectivity index (χ4v) is 1.82. The average Bonchev–Trinajstić information content (AvgIpc) is 2.27. The summed E-state index contributed by atoms with van der Waals surface area (Å²) in [7, 11) is 1.60. The highest BCUT2D eigenvalue weighted by Crippen LogP contribution is 2.13. The third-order valence-corrected chi connectivity index (χ3v) is 2.46. The Kier molecular flexibility index (Phi) is 4.94. The molecule has 0 spiro atoms. The van der Waals surface area contributed by atoms with Gasteiger partial charge in [0.15, 0.2) is 0 Å². The molecule has 0 aromatic carbocycles. The number of hydrogen-bond acceptors (Lipinski definition) is 3. The lowest BCUT2D eigenvalue weighted by atomic mass is 10.1. The van der Waals surface area contributed by atoms with Crippen LogP contribution in [0.2, 0.25) is 0 Å². The number of hydrogen-bond donors (Lipinski definition) is 2. The van der Waals surface area contributed by atoms with Crippen LogP contribution < -0.4 is 10.6 Å². The van der Waals surface area contributed by atoms with E-state index in [1.54, 1.807) is 19.3 Å². The zero-order chi connectivity index (χ0) is 12.8. The van der Waals surface area contributed by atoms with E-state index in [0.29, 0.717) is 17.7 Å². The lowest BCUT2D eigenvalue weighted by molar-refractivity contribution is 0.0958. The van der Waals surface area contributed by atoms with Crippen LogP contribution in [0.1, 0.15) is 37.7 Å². The molecule has 1 aromatic heterocycles. The second-order valence-corrected chi connectivity index (χ2v) is 4.68. The highest BCUT2D eigenvalue weighted by molar-refractivity contribution is 5.92. The van der Waals surface area contributed by atoms with E-state index in [-0.39, 0.29) is 5.91 Å². The number of nitrogens with zero attached hydrogens (tertiary/aromatic N) is 1. The van der Waals surface area contributed by atoms with Gasteiger partial charge in [-0.25, -0.2) is 0 Å². The number of rotatable bonds is 5. The quantitative estimate of drug-likeness (QED) is 0.823. The van der Waals surface area contributed by atoms with E-state index < -0.39 is 0 Å². The fourth-order valence-electron chi connectivity index (χ4n) is 1.82. The number of amides is 1. The van der Waals surface area contributed by atoms with Gasteiger partial charge in [-0.2, -0.15) is 0 Å². The van der Waals surface area contributed by atoms with Crippen molar-refractivity contribution in [3.63, 3.8) is 0 Å². The third-order valence-electron chi connectivity index (χ3n) is 2.46. The highest BCUT2D eigenvalue weighted by Gasteiger charge is 2.08. The van der Waals surface area contributed by atoms with Crippen molar-refractivity contribution in [1.29, 1.82) is 0 Å². The number of anilines is 1. The Hall–Kier alpha value is -1.58. The predicted octanol–water partition coefficient (Wildman–Crippen LogP) is 2.29. The molecule has 1 unspecified atom stereocenters. The van der Waals surface area contributed by atoms with E-state index in [2.05, 4.69) is 36.4 Å². The van der Waals surface area contributed by atoms with Crippen LogP contribution in [0.15, 0.2) is 18.3 Å². The van der Waals surface area contributed by atoms with Crippen LogP contribution in [-0.2, 0) is 0 Å². The molecule has 1 heterocycles. The van der Waals surface area contributed by atoms with Gasteiger partial charge in [0, 0.05) is 25.0 Å². The predicted molar refractivity (Wildman–Crippen MR) is 70.2 cm³/mol. The number of nitrogens with one attached hydrogen (secondary N) is 2. The summed E-state index contributed by atoms with van der Waals surface area (Å²) in [5.41, 5.74) is 1.38. The molecule has 0 aliphatic carbocycles. The standard InChI is InChI=1S/C13H21N3O/c1-9(2)7-10(3)16-11-5-6-15-12(8-11)13(17)14-4/h5-6,8-10H,7H2,1-4H3,(H,14,17)(H,15,16). The molecule has 1 amide bonds. The summed E-state index contributed by atoms with van der Waals surface area (Å²) in [6.45, 7) is 6.53. The lowest BCUT2D eigenvalue weighted by Crippen LogP contribution is -2.21. The highest BCUT2D eigenvalue weighted by atomic mass is 16.1. The number of carbonyl (C=O) groups excluding carboxylic acids is 1. The van der Waals surface area contributed by atoms with E-state index in [4.69, 9.17) is 0 Å². The van der Waals surface area contributed by atoms with Gasteiger partial charge in [-0.05, 0) is 31.4 Å². The van der Waals surface area contributed by atoms with Crippen LogP contribution >= 0.6 is 0 Å². The van der Waals surface area contributed by atoms with Gasteiger partial charge in [0.25, 0.3) is 5.91 Å². The molecule has 17 heavy (non-hydrogen) atoms. The van der Waals surface area contributed by atoms with Crippen LogP contribution in [0.25, 0.3) is 0 Å². The Morgan fingerprint density at radius 2 is 2.12 bits per heavy atom. The maximum absolute atomic E-state index is 11.4. The summed E-state index contributed by atoms with van der Waals surface area (Å²) >= 11 is 0. The Bertz CT molecular complexity index is 377. The minimum atomic E-state index is -0.162. The Morgan fingerprint density at radius 3 is 2.71 bits per heavy atom. The van der Waals surface area contributed by atoms with Gasteiger partial charge < -0.3 is 10.6 Å². The molecule has 1 aromatic rings. The van der Waals surface area contributed by atoms with Gasteiger partial charge in [-0.1, -0.05) is 13.8 Å². The van der Waals surface area contributed by atoms with E-state index in [1.165, 1.54) is 0 Å². The molecule has 0 fully saturated rings. The minimum Gasteiger partial charge on any atom is -0.382 e. The number of pyridine rings is 1. The first kappa shape index (κ1) is 13.5. The fraction of sp³-hybridized carbons (Fsp3) is 0.538. The monoisotopic (exact) mass is 235 g/mol. The van der Waals surface area contributed by atoms with Crippen molar-refractivity contribution in [2.75, 3.05) is 12.4 Å². The summed E-state index contributed by atoms with van der Waals surface area (Å²) < 4.78 is 0. The number of carbonyl (C=O) groups is 1. The minimum absolute atomic E-state index is 0.162. The first-order valence-electron chi connectivity index (χ1n) is 5.97. The maximum atomic E-state index is 11.4. The molecule has 0 radical (unpaired) electrons. The normalized spacial score (nSPS) is 12.3. The van der Waals surface area contributed by atoms with Gasteiger partial charge in [0.2, 0.25) is 0 Å². The van der Waals surface area contributed by atoms with E-state index in [9.17, 15) is 4.79 Å². The average molecular weight is 235 g/mol. The third kappa shape index (κ3) is 4.43. The van der Waals surface area contributed by atoms with Crippen LogP contribution in [0, 0.1) is 5.92 Å². The first-order valence-corrected chi connectivity index (χ1v) is 5.97. The van der Waals surface area contributed by atoms with Crippen molar-refractivity contribution in [1.82, 2.24) is 10.3 Å². The summed E-state index contributed by atoms with van der Waals surface area (Å²) in [6.07, 6.45) is 2.74. The molecule has 0 saturated heterocycles. The van der Waals surface area contributed by atoms with E-state index in [1.807, 2.05) is 6.07 Å². The van der Waals surface area contributed by atoms with Gasteiger partial charge in [-0.3, -0.25) is 9.78 Å². The van der Waals surface area contributed by atoms with Crippen molar-refractivity contribution < 1.29 is 4.79 Å². The molecule has 94 valence electrons. The molecular weight excluding hydrogens is 214 g/mol. The smallest absolute Gasteiger partial charge is 0.269 e. The second kappa shape index (κ2) is 6.23. The zero-order valence-corrected chi connectivity index (χ0v) is 10.9. The van der Waals surface area contributed by atoms with Crippen molar-refractivity contribution in [3.05, 3.63) is 24.0 Å². The van der Waals surface area contributed by atoms with Crippen LogP contribution in [0.3, 0.4) is 0 Å². The first-order chi connectivity index (χ1) is 8.02. The molecule has 1 rings (SSSR count). The molecule has 0 aliphatic heterocycles. The van der Waals surface area contributed by atoms with Crippen LogP contribution in [-0.4, -0.2) is 24.0 Å². The van der Waals surface area contributed by atoms with Crippen molar-refractivity contribution >= 4 is 11.6 Å². The van der Waals surface area contributed by atoms with E-state index in [0.717, 1.165) is 12.1 Å². The van der Waals surface area contributed by atoms with Crippen LogP contribution in [0.5, 0.6) is 0 Å². The molecule has 4 nitrogen and oxygen atoms in total. The SMILES string of the molecule is CNC(=O)c1cc(NC(C)CC(C)C)ccn1. The molecular formula is C13H21N3O. The second-order valence-electron chi connectivity index (χ2n) is 4.68. The lowest BCUT2D eigenvalue weighted by Gasteiger charge is -2.17. The molecule has 0 aliphatic rings. The Labute approximate surface area is 103 Å². The summed E-state index contributed by atoms with van der Waals surface area (Å²) in [5, 5.41) is 5.94. The largest absolute Gasteiger partial charge is 0.382 e. The van der Waals surface area contributed by atoms with Gasteiger partial charge in [0.1, 0.15) is 5.69 Å².